The third-order valence-electron chi connectivity index (χ3n) is 2.26. The molecule has 0 N–H and O–H groups in total. The van der Waals surface area contributed by atoms with Crippen LogP contribution in [-0.4, -0.2) is 31.2 Å². The van der Waals surface area contributed by atoms with E-state index in [0.29, 0.717) is 6.10 Å². The van der Waals surface area contributed by atoms with Crippen molar-refractivity contribution >= 4 is 11.6 Å². The number of epoxide rings is 1. The first-order valence-electron chi connectivity index (χ1n) is 4.78. The smallest absolute Gasteiger partial charge is 0.0936 e. The number of nitrogens with zero attached hydrogens (tertiary/aromatic N) is 1. The van der Waals surface area contributed by atoms with Gasteiger partial charge in [0.1, 0.15) is 0 Å². The first-order chi connectivity index (χ1) is 6.74. The van der Waals surface area contributed by atoms with Crippen molar-refractivity contribution in [2.75, 3.05) is 20.2 Å². The van der Waals surface area contributed by atoms with Crippen molar-refractivity contribution in [3.8, 4) is 0 Å². The highest BCUT2D eigenvalue weighted by Gasteiger charge is 2.23. The van der Waals surface area contributed by atoms with Gasteiger partial charge in [-0.3, -0.25) is 4.90 Å². The van der Waals surface area contributed by atoms with Gasteiger partial charge in [0.2, 0.25) is 0 Å². The summed E-state index contributed by atoms with van der Waals surface area (Å²) >= 11 is 5.90. The van der Waals surface area contributed by atoms with Gasteiger partial charge in [-0.2, -0.15) is 0 Å². The Balaban J connectivity index is 1.88. The molecule has 0 bridgehead atoms. The molecule has 1 aromatic rings. The molecule has 1 saturated heterocycles. The SMILES string of the molecule is CN(Cc1cccc(Cl)c1)CC1CO1. The maximum atomic E-state index is 5.90. The summed E-state index contributed by atoms with van der Waals surface area (Å²) in [7, 11) is 2.10. The first-order valence-corrected chi connectivity index (χ1v) is 5.16. The Morgan fingerprint density at radius 2 is 2.36 bits per heavy atom. The largest absolute Gasteiger partial charge is 0.372 e. The average molecular weight is 212 g/mol. The van der Waals surface area contributed by atoms with Crippen LogP contribution in [0, 0.1) is 0 Å². The Labute approximate surface area is 89.4 Å². The third kappa shape index (κ3) is 2.98. The van der Waals surface area contributed by atoms with Crippen LogP contribution in [0.2, 0.25) is 5.02 Å². The summed E-state index contributed by atoms with van der Waals surface area (Å²) in [4.78, 5) is 2.25. The molecule has 0 aliphatic carbocycles. The maximum Gasteiger partial charge on any atom is 0.0936 e. The fourth-order valence-electron chi connectivity index (χ4n) is 1.53. The van der Waals surface area contributed by atoms with E-state index in [4.69, 9.17) is 16.3 Å². The highest BCUT2D eigenvalue weighted by Crippen LogP contribution is 2.14. The Morgan fingerprint density at radius 3 is 3.00 bits per heavy atom. The molecule has 1 unspecified atom stereocenters. The molecule has 0 radical (unpaired) electrons. The van der Waals surface area contributed by atoms with Crippen LogP contribution in [-0.2, 0) is 11.3 Å². The summed E-state index contributed by atoms with van der Waals surface area (Å²) in [5.74, 6) is 0. The van der Waals surface area contributed by atoms with Crippen LogP contribution < -0.4 is 0 Å². The van der Waals surface area contributed by atoms with Crippen LogP contribution in [0.25, 0.3) is 0 Å². The van der Waals surface area contributed by atoms with E-state index < -0.39 is 0 Å². The average Bonchev–Trinajstić information content (AvgIpc) is 2.87. The zero-order valence-electron chi connectivity index (χ0n) is 8.24. The molecular weight excluding hydrogens is 198 g/mol. The van der Waals surface area contributed by atoms with Crippen molar-refractivity contribution in [2.24, 2.45) is 0 Å². The Hall–Kier alpha value is -0.570. The molecule has 1 heterocycles. The summed E-state index contributed by atoms with van der Waals surface area (Å²) in [5.41, 5.74) is 1.25. The highest BCUT2D eigenvalue weighted by atomic mass is 35.5. The minimum absolute atomic E-state index is 0.458. The van der Waals surface area contributed by atoms with Gasteiger partial charge in [0.15, 0.2) is 0 Å². The molecule has 0 aromatic heterocycles. The molecule has 3 heteroatoms. The van der Waals surface area contributed by atoms with E-state index >= 15 is 0 Å². The van der Waals surface area contributed by atoms with Crippen molar-refractivity contribution in [3.05, 3.63) is 34.9 Å². The van der Waals surface area contributed by atoms with Crippen molar-refractivity contribution in [3.63, 3.8) is 0 Å². The number of benzene rings is 1. The van der Waals surface area contributed by atoms with Crippen LogP contribution in [0.1, 0.15) is 5.56 Å². The normalized spacial score (nSPS) is 20.1. The molecule has 2 nitrogen and oxygen atoms in total. The maximum absolute atomic E-state index is 5.90. The summed E-state index contributed by atoms with van der Waals surface area (Å²) in [6.45, 7) is 2.85. The van der Waals surface area contributed by atoms with Gasteiger partial charge in [-0.25, -0.2) is 0 Å². The minimum atomic E-state index is 0.458. The Kier molecular flexibility index (Phi) is 3.06. The van der Waals surface area contributed by atoms with Gasteiger partial charge in [0.25, 0.3) is 0 Å². The Morgan fingerprint density at radius 1 is 1.57 bits per heavy atom. The van der Waals surface area contributed by atoms with E-state index in [-0.39, 0.29) is 0 Å². The van der Waals surface area contributed by atoms with Gasteiger partial charge in [0.05, 0.1) is 12.7 Å². The molecule has 76 valence electrons. The van der Waals surface area contributed by atoms with Crippen LogP contribution in [0.5, 0.6) is 0 Å². The summed E-state index contributed by atoms with van der Waals surface area (Å²) in [6.07, 6.45) is 0.458. The quantitative estimate of drug-likeness (QED) is 0.710. The fraction of sp³-hybridized carbons (Fsp3) is 0.455. The molecule has 1 aliphatic heterocycles. The molecule has 14 heavy (non-hydrogen) atoms. The van der Waals surface area contributed by atoms with Crippen LogP contribution in [0.3, 0.4) is 0 Å². The molecule has 2 rings (SSSR count). The summed E-state index contributed by atoms with van der Waals surface area (Å²) < 4.78 is 5.17. The first kappa shape index (κ1) is 9.97. The van der Waals surface area contributed by atoms with Gasteiger partial charge >= 0.3 is 0 Å². The van der Waals surface area contributed by atoms with Gasteiger partial charge in [-0.05, 0) is 24.7 Å². The zero-order chi connectivity index (χ0) is 9.97. The predicted molar refractivity (Wildman–Crippen MR) is 57.5 cm³/mol. The number of rotatable bonds is 4. The van der Waals surface area contributed by atoms with Crippen LogP contribution >= 0.6 is 11.6 Å². The minimum Gasteiger partial charge on any atom is -0.372 e. The lowest BCUT2D eigenvalue weighted by atomic mass is 10.2. The van der Waals surface area contributed by atoms with Crippen LogP contribution in [0.4, 0.5) is 0 Å². The molecule has 1 aromatic carbocycles. The second kappa shape index (κ2) is 4.30. The van der Waals surface area contributed by atoms with Crippen molar-refractivity contribution in [2.45, 2.75) is 12.6 Å². The van der Waals surface area contributed by atoms with Crippen molar-refractivity contribution in [1.29, 1.82) is 0 Å². The fourth-order valence-corrected chi connectivity index (χ4v) is 1.75. The summed E-state index contributed by atoms with van der Waals surface area (Å²) in [6, 6.07) is 7.98. The zero-order valence-corrected chi connectivity index (χ0v) is 9.00. The molecule has 1 aliphatic rings. The molecule has 0 spiro atoms. The highest BCUT2D eigenvalue weighted by molar-refractivity contribution is 6.30. The number of ether oxygens (including phenoxy) is 1. The molecular formula is C11H14ClNO. The van der Waals surface area contributed by atoms with E-state index in [2.05, 4.69) is 18.0 Å². The number of hydrogen-bond donors (Lipinski definition) is 0. The summed E-state index contributed by atoms with van der Waals surface area (Å²) in [5, 5.41) is 0.804. The number of likely N-dealkylation sites (N-methyl/N-ethyl adjacent to an activating group) is 1. The molecule has 0 amide bonds. The lowest BCUT2D eigenvalue weighted by Crippen LogP contribution is -2.22. The predicted octanol–water partition coefficient (Wildman–Crippen LogP) is 2.17. The van der Waals surface area contributed by atoms with Crippen molar-refractivity contribution in [1.82, 2.24) is 4.90 Å². The van der Waals surface area contributed by atoms with E-state index in [1.54, 1.807) is 0 Å². The topological polar surface area (TPSA) is 15.8 Å². The molecule has 0 saturated carbocycles. The van der Waals surface area contributed by atoms with E-state index in [1.165, 1.54) is 5.56 Å². The molecule has 1 fully saturated rings. The molecule has 1 atom stereocenters. The van der Waals surface area contributed by atoms with E-state index in [9.17, 15) is 0 Å². The Bertz CT molecular complexity index is 312. The van der Waals surface area contributed by atoms with E-state index in [0.717, 1.165) is 24.7 Å². The lowest BCUT2D eigenvalue weighted by molar-refractivity contribution is 0.278. The lowest BCUT2D eigenvalue weighted by Gasteiger charge is -2.15. The van der Waals surface area contributed by atoms with Gasteiger partial charge in [-0.15, -0.1) is 0 Å². The standard InChI is InChI=1S/C11H14ClNO/c1-13(7-11-8-14-11)6-9-3-2-4-10(12)5-9/h2-5,11H,6-8H2,1H3. The second-order valence-corrected chi connectivity index (χ2v) is 4.22. The monoisotopic (exact) mass is 211 g/mol. The van der Waals surface area contributed by atoms with E-state index in [1.807, 2.05) is 18.2 Å². The third-order valence-corrected chi connectivity index (χ3v) is 2.49. The van der Waals surface area contributed by atoms with Crippen LogP contribution in [0.15, 0.2) is 24.3 Å². The van der Waals surface area contributed by atoms with Gasteiger partial charge in [0, 0.05) is 18.1 Å². The number of halogens is 1. The van der Waals surface area contributed by atoms with Gasteiger partial charge in [-0.1, -0.05) is 23.7 Å². The van der Waals surface area contributed by atoms with Crippen molar-refractivity contribution < 1.29 is 4.74 Å². The van der Waals surface area contributed by atoms with Gasteiger partial charge < -0.3 is 4.74 Å². The number of hydrogen-bond acceptors (Lipinski definition) is 2. The second-order valence-electron chi connectivity index (χ2n) is 3.78.